The van der Waals surface area contributed by atoms with Gasteiger partial charge in [-0.15, -0.1) is 0 Å². The Hall–Kier alpha value is -1.95. The Balaban J connectivity index is 2.21. The lowest BCUT2D eigenvalue weighted by atomic mass is 10.2. The molecule has 0 spiro atoms. The Morgan fingerprint density at radius 3 is 2.65 bits per heavy atom. The monoisotopic (exact) mass is 293 g/mol. The molecule has 0 aliphatic heterocycles. The number of phenolic OH excluding ortho intramolecular Hbond substituents is 1. The summed E-state index contributed by atoms with van der Waals surface area (Å²) in [6.45, 7) is 0. The highest BCUT2D eigenvalue weighted by Crippen LogP contribution is 2.22. The first-order chi connectivity index (χ1) is 8.16. The van der Waals surface area contributed by atoms with Crippen LogP contribution in [0.2, 0.25) is 0 Å². The van der Waals surface area contributed by atoms with E-state index in [1.165, 1.54) is 24.5 Å². The number of benzene rings is 1. The predicted molar refractivity (Wildman–Crippen MR) is 65.8 cm³/mol. The van der Waals surface area contributed by atoms with Gasteiger partial charge in [-0.3, -0.25) is 10.1 Å². The molecule has 0 aliphatic rings. The number of hydrogen-bond donors (Lipinski definition) is 2. The second-order valence-corrected chi connectivity index (χ2v) is 4.10. The number of anilines is 1. The lowest BCUT2D eigenvalue weighted by Gasteiger charge is -2.05. The molecular formula is C11H8BrN3O2. The number of halogens is 1. The Morgan fingerprint density at radius 2 is 2.00 bits per heavy atom. The summed E-state index contributed by atoms with van der Waals surface area (Å²) in [6, 6.07) is 6.27. The second kappa shape index (κ2) is 4.92. The normalized spacial score (nSPS) is 9.94. The number of amides is 1. The maximum atomic E-state index is 11.8. The first-order valence-electron chi connectivity index (χ1n) is 4.74. The highest BCUT2D eigenvalue weighted by atomic mass is 79.9. The average molecular weight is 294 g/mol. The molecule has 0 saturated carbocycles. The van der Waals surface area contributed by atoms with E-state index in [9.17, 15) is 9.90 Å². The molecule has 0 fully saturated rings. The van der Waals surface area contributed by atoms with Gasteiger partial charge in [0, 0.05) is 16.9 Å². The minimum atomic E-state index is -0.457. The SMILES string of the molecule is O=C(Nc1ncccn1)c1ccc(Br)cc1O. The van der Waals surface area contributed by atoms with Gasteiger partial charge in [-0.05, 0) is 24.3 Å². The van der Waals surface area contributed by atoms with Gasteiger partial charge in [0.25, 0.3) is 5.91 Å². The third-order valence-corrected chi connectivity index (χ3v) is 2.49. The molecule has 2 rings (SSSR count). The van der Waals surface area contributed by atoms with Crippen LogP contribution in [0.5, 0.6) is 5.75 Å². The third-order valence-electron chi connectivity index (χ3n) is 2.00. The Labute approximate surface area is 106 Å². The van der Waals surface area contributed by atoms with Crippen LogP contribution in [0.4, 0.5) is 5.95 Å². The van der Waals surface area contributed by atoms with Gasteiger partial charge in [-0.1, -0.05) is 15.9 Å². The van der Waals surface area contributed by atoms with Crippen molar-refractivity contribution in [1.82, 2.24) is 9.97 Å². The summed E-state index contributed by atoms with van der Waals surface area (Å²) >= 11 is 3.20. The van der Waals surface area contributed by atoms with E-state index in [0.29, 0.717) is 4.47 Å². The van der Waals surface area contributed by atoms with Gasteiger partial charge in [0.05, 0.1) is 5.56 Å². The fourth-order valence-electron chi connectivity index (χ4n) is 1.23. The molecule has 0 saturated heterocycles. The Morgan fingerprint density at radius 1 is 1.29 bits per heavy atom. The van der Waals surface area contributed by atoms with Crippen LogP contribution in [0.1, 0.15) is 10.4 Å². The van der Waals surface area contributed by atoms with Crippen LogP contribution in [0, 0.1) is 0 Å². The number of phenols is 1. The van der Waals surface area contributed by atoms with E-state index in [2.05, 4.69) is 31.2 Å². The summed E-state index contributed by atoms with van der Waals surface area (Å²) in [5.41, 5.74) is 0.167. The molecule has 1 amide bonds. The fourth-order valence-corrected chi connectivity index (χ4v) is 1.58. The topological polar surface area (TPSA) is 75.1 Å². The molecule has 2 aromatic rings. The van der Waals surface area contributed by atoms with Gasteiger partial charge in [-0.2, -0.15) is 0 Å². The van der Waals surface area contributed by atoms with Crippen LogP contribution >= 0.6 is 15.9 Å². The van der Waals surface area contributed by atoms with Crippen molar-refractivity contribution in [1.29, 1.82) is 0 Å². The van der Waals surface area contributed by atoms with Crippen LogP contribution in [-0.4, -0.2) is 21.0 Å². The van der Waals surface area contributed by atoms with Crippen LogP contribution in [0.15, 0.2) is 41.1 Å². The molecule has 17 heavy (non-hydrogen) atoms. The molecule has 0 unspecified atom stereocenters. The zero-order valence-electron chi connectivity index (χ0n) is 8.59. The van der Waals surface area contributed by atoms with Gasteiger partial charge in [0.15, 0.2) is 0 Å². The minimum Gasteiger partial charge on any atom is -0.507 e. The number of nitrogens with zero attached hydrogens (tertiary/aromatic N) is 2. The largest absolute Gasteiger partial charge is 0.507 e. The average Bonchev–Trinajstić information content (AvgIpc) is 2.30. The van der Waals surface area contributed by atoms with E-state index < -0.39 is 5.91 Å². The molecule has 0 aliphatic carbocycles. The molecule has 5 nitrogen and oxygen atoms in total. The lowest BCUT2D eigenvalue weighted by Crippen LogP contribution is -2.14. The second-order valence-electron chi connectivity index (χ2n) is 3.19. The van der Waals surface area contributed by atoms with E-state index >= 15 is 0 Å². The number of rotatable bonds is 2. The van der Waals surface area contributed by atoms with Crippen molar-refractivity contribution in [2.24, 2.45) is 0 Å². The quantitative estimate of drug-likeness (QED) is 0.890. The molecule has 1 aromatic carbocycles. The minimum absolute atomic E-state index is 0.104. The first-order valence-corrected chi connectivity index (χ1v) is 5.53. The van der Waals surface area contributed by atoms with Crippen molar-refractivity contribution in [3.63, 3.8) is 0 Å². The van der Waals surface area contributed by atoms with Crippen molar-refractivity contribution in [2.75, 3.05) is 5.32 Å². The van der Waals surface area contributed by atoms with Crippen molar-refractivity contribution in [3.8, 4) is 5.75 Å². The molecule has 1 heterocycles. The van der Waals surface area contributed by atoms with E-state index in [0.717, 1.165) is 0 Å². The van der Waals surface area contributed by atoms with E-state index in [1.54, 1.807) is 12.1 Å². The van der Waals surface area contributed by atoms with Crippen molar-refractivity contribution < 1.29 is 9.90 Å². The maximum Gasteiger partial charge on any atom is 0.261 e. The van der Waals surface area contributed by atoms with Gasteiger partial charge in [-0.25, -0.2) is 9.97 Å². The van der Waals surface area contributed by atoms with Gasteiger partial charge in [0.1, 0.15) is 5.75 Å². The first kappa shape index (κ1) is 11.5. The smallest absolute Gasteiger partial charge is 0.261 e. The molecule has 6 heteroatoms. The summed E-state index contributed by atoms with van der Waals surface area (Å²) in [6.07, 6.45) is 3.04. The van der Waals surface area contributed by atoms with Crippen LogP contribution < -0.4 is 5.32 Å². The highest BCUT2D eigenvalue weighted by Gasteiger charge is 2.12. The number of aromatic hydroxyl groups is 1. The summed E-state index contributed by atoms with van der Waals surface area (Å²) in [7, 11) is 0. The van der Waals surface area contributed by atoms with Crippen molar-refractivity contribution >= 4 is 27.8 Å². The van der Waals surface area contributed by atoms with Crippen LogP contribution in [0.25, 0.3) is 0 Å². The van der Waals surface area contributed by atoms with Crippen molar-refractivity contribution in [3.05, 3.63) is 46.7 Å². The summed E-state index contributed by atoms with van der Waals surface area (Å²) < 4.78 is 0.697. The van der Waals surface area contributed by atoms with E-state index in [1.807, 2.05) is 0 Å². The Bertz CT molecular complexity index is 546. The van der Waals surface area contributed by atoms with Gasteiger partial charge in [0.2, 0.25) is 5.95 Å². The maximum absolute atomic E-state index is 11.8. The number of nitrogens with one attached hydrogen (secondary N) is 1. The zero-order valence-corrected chi connectivity index (χ0v) is 10.2. The van der Waals surface area contributed by atoms with E-state index in [-0.39, 0.29) is 17.3 Å². The Kier molecular flexibility index (Phi) is 3.34. The van der Waals surface area contributed by atoms with Crippen LogP contribution in [-0.2, 0) is 0 Å². The molecular weight excluding hydrogens is 286 g/mol. The number of hydrogen-bond acceptors (Lipinski definition) is 4. The van der Waals surface area contributed by atoms with Gasteiger partial charge < -0.3 is 5.11 Å². The number of carbonyl (C=O) groups excluding carboxylic acids is 1. The zero-order chi connectivity index (χ0) is 12.3. The third kappa shape index (κ3) is 2.79. The predicted octanol–water partition coefficient (Wildman–Crippen LogP) is 2.20. The summed E-state index contributed by atoms with van der Waals surface area (Å²) in [4.78, 5) is 19.5. The highest BCUT2D eigenvalue weighted by molar-refractivity contribution is 9.10. The summed E-state index contributed by atoms with van der Waals surface area (Å²) in [5, 5.41) is 12.1. The number of aromatic nitrogens is 2. The molecule has 2 N–H and O–H groups in total. The molecule has 86 valence electrons. The lowest BCUT2D eigenvalue weighted by molar-refractivity contribution is 0.102. The standard InChI is InChI=1S/C11H8BrN3O2/c12-7-2-3-8(9(16)6-7)10(17)15-11-13-4-1-5-14-11/h1-6,16H,(H,13,14,15,17). The number of carbonyl (C=O) groups is 1. The van der Waals surface area contributed by atoms with Gasteiger partial charge >= 0.3 is 0 Å². The van der Waals surface area contributed by atoms with Crippen LogP contribution in [0.3, 0.4) is 0 Å². The van der Waals surface area contributed by atoms with E-state index in [4.69, 9.17) is 0 Å². The summed E-state index contributed by atoms with van der Waals surface area (Å²) in [5.74, 6) is -0.367. The fraction of sp³-hybridized carbons (Fsp3) is 0. The molecule has 0 radical (unpaired) electrons. The molecule has 0 bridgehead atoms. The van der Waals surface area contributed by atoms with Crippen molar-refractivity contribution in [2.45, 2.75) is 0 Å². The molecule has 1 aromatic heterocycles. The molecule has 0 atom stereocenters.